The van der Waals surface area contributed by atoms with Crippen LogP contribution in [0.4, 0.5) is 0 Å². The maximum atomic E-state index is 3.74. The van der Waals surface area contributed by atoms with E-state index in [1.807, 2.05) is 0 Å². The van der Waals surface area contributed by atoms with E-state index in [0.717, 1.165) is 22.4 Å². The Morgan fingerprint density at radius 3 is 2.26 bits per heavy atom. The van der Waals surface area contributed by atoms with Crippen LogP contribution in [0.2, 0.25) is 13.1 Å². The van der Waals surface area contributed by atoms with Crippen LogP contribution in [0.15, 0.2) is 103 Å². The van der Waals surface area contributed by atoms with Crippen LogP contribution in [0, 0.1) is 12.0 Å². The average Bonchev–Trinajstić information content (AvgIpc) is 3.56. The van der Waals surface area contributed by atoms with Gasteiger partial charge in [-0.3, -0.25) is 0 Å². The first-order valence-corrected chi connectivity index (χ1v) is 16.2. The van der Waals surface area contributed by atoms with Gasteiger partial charge in [0.2, 0.25) is 0 Å². The molecule has 0 heterocycles. The van der Waals surface area contributed by atoms with Gasteiger partial charge in [0.25, 0.3) is 0 Å². The van der Waals surface area contributed by atoms with Gasteiger partial charge < -0.3 is 24.8 Å². The summed E-state index contributed by atoms with van der Waals surface area (Å²) >= 11 is 0. The van der Waals surface area contributed by atoms with Gasteiger partial charge in [0.15, 0.2) is 0 Å². The minimum Gasteiger partial charge on any atom is -1.00 e. The fraction of sp³-hybridized carbons (Fsp3) is 0.211. The van der Waals surface area contributed by atoms with E-state index in [0.29, 0.717) is 5.92 Å². The maximum Gasteiger partial charge on any atom is 3.00 e. The van der Waals surface area contributed by atoms with Crippen LogP contribution in [0.3, 0.4) is 0 Å². The van der Waals surface area contributed by atoms with Gasteiger partial charge in [-0.05, 0) is 69.0 Å². The molecule has 2 unspecified atom stereocenters. The number of rotatable bonds is 4. The fourth-order valence-corrected chi connectivity index (χ4v) is 6.39. The Hall–Kier alpha value is -2.22. The Morgan fingerprint density at radius 1 is 0.810 bits per heavy atom. The van der Waals surface area contributed by atoms with Gasteiger partial charge in [0, 0.05) is 15.4 Å². The first kappa shape index (κ1) is 34.3. The van der Waals surface area contributed by atoms with Crippen LogP contribution < -0.4 is 24.8 Å². The molecule has 2 aliphatic rings. The van der Waals surface area contributed by atoms with Crippen molar-refractivity contribution >= 4 is 26.4 Å². The molecule has 5 aromatic carbocycles. The van der Waals surface area contributed by atoms with Crippen LogP contribution in [0.25, 0.3) is 39.1 Å². The van der Waals surface area contributed by atoms with Crippen LogP contribution in [-0.2, 0) is 32.6 Å². The molecule has 0 nitrogen and oxygen atoms in total. The summed E-state index contributed by atoms with van der Waals surface area (Å²) in [7, 11) is 1.08. The zero-order valence-electron chi connectivity index (χ0n) is 24.6. The van der Waals surface area contributed by atoms with Gasteiger partial charge in [0.05, 0.1) is 0 Å². The number of fused-ring (bicyclic) bond motifs is 5. The van der Waals surface area contributed by atoms with Gasteiger partial charge in [-0.2, -0.15) is 18.2 Å². The molecular formula is C38H35Cl2SiZr. The van der Waals surface area contributed by atoms with E-state index in [9.17, 15) is 0 Å². The minimum absolute atomic E-state index is 0. The Labute approximate surface area is 285 Å². The van der Waals surface area contributed by atoms with E-state index < -0.39 is 0 Å². The Kier molecular flexibility index (Phi) is 12.2. The van der Waals surface area contributed by atoms with Crippen molar-refractivity contribution in [3.8, 4) is 22.3 Å². The maximum absolute atomic E-state index is 3.74. The summed E-state index contributed by atoms with van der Waals surface area (Å²) < 4.78 is 0. The van der Waals surface area contributed by atoms with Crippen molar-refractivity contribution < 1.29 is 51.0 Å². The van der Waals surface area contributed by atoms with Crippen molar-refractivity contribution in [1.29, 1.82) is 0 Å². The molecule has 4 heteroatoms. The molecule has 0 saturated carbocycles. The molecule has 42 heavy (non-hydrogen) atoms. The number of hydrogen-bond acceptors (Lipinski definition) is 0. The second-order valence-electron chi connectivity index (χ2n) is 10.9. The molecule has 2 atom stereocenters. The summed E-state index contributed by atoms with van der Waals surface area (Å²) in [5.41, 5.74) is 14.0. The summed E-state index contributed by atoms with van der Waals surface area (Å²) in [6.45, 7) is 9.00. The van der Waals surface area contributed by atoms with E-state index in [1.165, 1.54) is 66.4 Å². The van der Waals surface area contributed by atoms with E-state index in [1.54, 1.807) is 0 Å². The minimum atomic E-state index is 0. The van der Waals surface area contributed by atoms with E-state index in [2.05, 4.69) is 136 Å². The predicted octanol–water partition coefficient (Wildman–Crippen LogP) is 4.25. The second kappa shape index (κ2) is 15.0. The van der Waals surface area contributed by atoms with Gasteiger partial charge in [-0.25, -0.2) is 0 Å². The molecule has 5 aromatic rings. The summed E-state index contributed by atoms with van der Waals surface area (Å²) in [5, 5.41) is 2.58. The molecule has 0 aliphatic heterocycles. The van der Waals surface area contributed by atoms with Crippen LogP contribution in [0.1, 0.15) is 54.0 Å². The first-order chi connectivity index (χ1) is 19.1. The molecule has 7 rings (SSSR count). The van der Waals surface area contributed by atoms with E-state index in [-0.39, 0.29) is 56.9 Å². The molecule has 0 bridgehead atoms. The normalized spacial score (nSPS) is 14.5. The summed E-state index contributed by atoms with van der Waals surface area (Å²) in [4.78, 5) is 0. The molecule has 209 valence electrons. The van der Waals surface area contributed by atoms with Crippen molar-refractivity contribution in [3.05, 3.63) is 137 Å². The van der Waals surface area contributed by atoms with Crippen molar-refractivity contribution in [2.75, 3.05) is 0 Å². The summed E-state index contributed by atoms with van der Waals surface area (Å²) in [5.74, 6) is 0.777. The summed E-state index contributed by atoms with van der Waals surface area (Å²) in [6.07, 6.45) is 4.65. The topological polar surface area (TPSA) is 0 Å². The number of allylic oxidation sites excluding steroid dienone is 1. The third kappa shape index (κ3) is 6.20. The molecule has 0 fully saturated rings. The second-order valence-corrected chi connectivity index (χ2v) is 11.9. The van der Waals surface area contributed by atoms with Crippen molar-refractivity contribution in [2.24, 2.45) is 5.92 Å². The number of hydrogen-bond donors (Lipinski definition) is 0. The molecular weight excluding hydrogens is 647 g/mol. The van der Waals surface area contributed by atoms with Gasteiger partial charge in [-0.15, -0.1) is 16.7 Å². The Balaban J connectivity index is 0.000000776. The van der Waals surface area contributed by atoms with Crippen LogP contribution in [0.5, 0.6) is 0 Å². The van der Waals surface area contributed by atoms with Gasteiger partial charge >= 0.3 is 26.2 Å². The first-order valence-electron chi connectivity index (χ1n) is 14.2. The largest absolute Gasteiger partial charge is 3.00 e. The standard InChI is InChI=1S/C36H29.C2H6Si.2ClH.Zr/c1-3-23(2)33-22-35-29(27-19-18-24-10-4-5-11-25(24)20-27)14-8-16-32(35)36(33)31-17-9-15-30-28-13-7-6-12-26(28)21-34(30)31;1-3-2;;;/h4-16,18-20,22-23,36H,3,21H2,1-2H3;1-2H3;2*1H;/q-1;;;;+3/p-2. The molecule has 0 N–H and O–H groups in total. The van der Waals surface area contributed by atoms with Gasteiger partial charge in [-0.1, -0.05) is 117 Å². The molecule has 0 amide bonds. The summed E-state index contributed by atoms with van der Waals surface area (Å²) in [6, 6.07) is 39.5. The van der Waals surface area contributed by atoms with E-state index >= 15 is 0 Å². The molecule has 0 saturated heterocycles. The van der Waals surface area contributed by atoms with Crippen molar-refractivity contribution in [2.45, 2.75) is 45.7 Å². The number of halogens is 2. The predicted molar refractivity (Wildman–Crippen MR) is 170 cm³/mol. The monoisotopic (exact) mass is 679 g/mol. The van der Waals surface area contributed by atoms with Crippen LogP contribution >= 0.6 is 0 Å². The quantitative estimate of drug-likeness (QED) is 0.193. The molecule has 2 aliphatic carbocycles. The molecule has 0 spiro atoms. The average molecular weight is 682 g/mol. The van der Waals surface area contributed by atoms with Crippen molar-refractivity contribution in [1.82, 2.24) is 0 Å². The fourth-order valence-electron chi connectivity index (χ4n) is 6.39. The van der Waals surface area contributed by atoms with Crippen molar-refractivity contribution in [3.63, 3.8) is 0 Å². The zero-order chi connectivity index (χ0) is 26.9. The van der Waals surface area contributed by atoms with Crippen LogP contribution in [-0.4, -0.2) is 9.52 Å². The Bertz CT molecular complexity index is 1710. The number of benzene rings is 5. The smallest absolute Gasteiger partial charge is 1.00 e. The van der Waals surface area contributed by atoms with Gasteiger partial charge in [0.1, 0.15) is 0 Å². The Morgan fingerprint density at radius 2 is 1.50 bits per heavy atom. The third-order valence-electron chi connectivity index (χ3n) is 8.44. The molecule has 3 radical (unpaired) electrons. The third-order valence-corrected chi connectivity index (χ3v) is 8.44. The zero-order valence-corrected chi connectivity index (χ0v) is 29.6. The van der Waals surface area contributed by atoms with E-state index in [4.69, 9.17) is 0 Å². The SMILES string of the molecule is CCC(C)C1=Cc2c(-c3ccc4ccccc4c3)cccc2C1c1[c-]ccc2c1Cc1ccccc1-2.C[Si]C.[Cl-].[Cl-].[Zr+3]. The molecule has 0 aromatic heterocycles.